The summed E-state index contributed by atoms with van der Waals surface area (Å²) in [5, 5.41) is 6.34. The number of hydrogen-bond acceptors (Lipinski definition) is 3. The van der Waals surface area contributed by atoms with E-state index in [0.29, 0.717) is 44.6 Å². The van der Waals surface area contributed by atoms with Crippen molar-refractivity contribution in [3.63, 3.8) is 0 Å². The molecule has 0 bridgehead atoms. The highest BCUT2D eigenvalue weighted by Gasteiger charge is 2.24. The van der Waals surface area contributed by atoms with Crippen LogP contribution in [-0.4, -0.2) is 72.6 Å². The van der Waals surface area contributed by atoms with E-state index in [9.17, 15) is 14.0 Å². The van der Waals surface area contributed by atoms with E-state index in [1.165, 1.54) is 37.8 Å². The van der Waals surface area contributed by atoms with E-state index in [1.54, 1.807) is 12.1 Å². The Balaban J connectivity index is 1.52. The van der Waals surface area contributed by atoms with Gasteiger partial charge < -0.3 is 20.4 Å². The van der Waals surface area contributed by atoms with Crippen molar-refractivity contribution in [1.29, 1.82) is 0 Å². The van der Waals surface area contributed by atoms with Crippen molar-refractivity contribution >= 4 is 17.7 Å². The molecule has 1 aliphatic heterocycles. The fourth-order valence-corrected chi connectivity index (χ4v) is 5.59. The number of unbranched alkanes of at least 4 members (excludes halogenated alkanes) is 5. The molecule has 1 fully saturated rings. The molecular weight excluding hydrogens is 541 g/mol. The first-order chi connectivity index (χ1) is 20.7. The van der Waals surface area contributed by atoms with Gasteiger partial charge in [-0.1, -0.05) is 97.1 Å². The van der Waals surface area contributed by atoms with Crippen LogP contribution in [0.3, 0.4) is 0 Å². The number of urea groups is 2. The molecule has 0 radical (unpaired) electrons. The molecule has 8 heteroatoms. The maximum atomic E-state index is 13.5. The normalized spacial score (nSPS) is 13.9. The zero-order valence-electron chi connectivity index (χ0n) is 27.1. The molecule has 2 aromatic carbocycles. The van der Waals surface area contributed by atoms with E-state index in [0.717, 1.165) is 54.9 Å². The first-order valence-corrected chi connectivity index (χ1v) is 16.4. The fraction of sp³-hybridized carbons (Fsp3) is 0.600. The Morgan fingerprint density at radius 1 is 0.860 bits per heavy atom. The van der Waals surface area contributed by atoms with Crippen molar-refractivity contribution < 1.29 is 14.0 Å². The van der Waals surface area contributed by atoms with Crippen LogP contribution in [0.5, 0.6) is 0 Å². The molecule has 43 heavy (non-hydrogen) atoms. The molecule has 0 saturated carbocycles. The fourth-order valence-electron chi connectivity index (χ4n) is 5.59. The highest BCUT2D eigenvalue weighted by Crippen LogP contribution is 2.32. The van der Waals surface area contributed by atoms with Crippen molar-refractivity contribution in [2.45, 2.75) is 91.5 Å². The maximum absolute atomic E-state index is 13.5. The Morgan fingerprint density at radius 3 is 2.07 bits per heavy atom. The lowest BCUT2D eigenvalue weighted by molar-refractivity contribution is 0.134. The second kappa shape index (κ2) is 17.9. The number of carbonyl (C=O) groups excluding carboxylic acids is 2. The largest absolute Gasteiger partial charge is 0.338 e. The predicted molar refractivity (Wildman–Crippen MR) is 175 cm³/mol. The Hall–Kier alpha value is -3.13. The summed E-state index contributed by atoms with van der Waals surface area (Å²) >= 11 is 0. The van der Waals surface area contributed by atoms with Crippen molar-refractivity contribution in [2.75, 3.05) is 51.1 Å². The van der Waals surface area contributed by atoms with Crippen LogP contribution >= 0.6 is 0 Å². The van der Waals surface area contributed by atoms with Gasteiger partial charge in [0.25, 0.3) is 0 Å². The first-order valence-electron chi connectivity index (χ1n) is 16.4. The number of anilines is 1. The Bertz CT molecular complexity index is 1100. The smallest absolute Gasteiger partial charge is 0.321 e. The Labute approximate surface area is 259 Å². The number of amides is 4. The zero-order chi connectivity index (χ0) is 31.2. The number of hydrogen-bond donors (Lipinski definition) is 2. The van der Waals surface area contributed by atoms with Crippen LogP contribution in [0.4, 0.5) is 19.7 Å². The molecule has 4 amide bonds. The lowest BCUT2D eigenvalue weighted by atomic mass is 9.93. The number of carbonyl (C=O) groups is 2. The third kappa shape index (κ3) is 11.1. The highest BCUT2D eigenvalue weighted by molar-refractivity contribution is 5.91. The molecule has 238 valence electrons. The molecule has 2 N–H and O–H groups in total. The van der Waals surface area contributed by atoms with E-state index < -0.39 is 0 Å². The molecule has 1 heterocycles. The van der Waals surface area contributed by atoms with Crippen LogP contribution in [-0.2, 0) is 6.54 Å². The van der Waals surface area contributed by atoms with Gasteiger partial charge in [0.05, 0.1) is 0 Å². The van der Waals surface area contributed by atoms with Gasteiger partial charge in [0.15, 0.2) is 0 Å². The molecule has 1 saturated heterocycles. The molecular formula is C35H54FN5O2. The summed E-state index contributed by atoms with van der Waals surface area (Å²) in [4.78, 5) is 32.5. The van der Waals surface area contributed by atoms with Crippen LogP contribution < -0.4 is 10.6 Å². The molecule has 0 unspecified atom stereocenters. The van der Waals surface area contributed by atoms with Gasteiger partial charge in [0, 0.05) is 58.0 Å². The van der Waals surface area contributed by atoms with E-state index in [4.69, 9.17) is 0 Å². The van der Waals surface area contributed by atoms with Crippen molar-refractivity contribution in [1.82, 2.24) is 20.0 Å². The second-order valence-corrected chi connectivity index (χ2v) is 12.4. The summed E-state index contributed by atoms with van der Waals surface area (Å²) in [6.45, 7) is 16.0. The number of para-hydroxylation sites is 1. The summed E-state index contributed by atoms with van der Waals surface area (Å²) in [6.07, 6.45) is 7.05. The van der Waals surface area contributed by atoms with Crippen molar-refractivity contribution in [2.24, 2.45) is 0 Å². The summed E-state index contributed by atoms with van der Waals surface area (Å²) in [5.41, 5.74) is 4.17. The molecule has 3 rings (SSSR count). The quantitative estimate of drug-likeness (QED) is 0.207. The molecule has 2 aromatic rings. The minimum atomic E-state index is -0.280. The SMILES string of the molecule is CCCCCCCCNC(=O)N(CCN1CCN(C(=O)Nc2c(C(C)C)cccc2C(C)C)CC1)Cc1ccc(F)cc1. The van der Waals surface area contributed by atoms with Crippen LogP contribution in [0.1, 0.15) is 102 Å². The van der Waals surface area contributed by atoms with Crippen LogP contribution in [0, 0.1) is 5.82 Å². The Kier molecular flexibility index (Phi) is 14.3. The lowest BCUT2D eigenvalue weighted by Gasteiger charge is -2.36. The number of benzene rings is 2. The molecule has 7 nitrogen and oxygen atoms in total. The number of piperazine rings is 1. The topological polar surface area (TPSA) is 67.9 Å². The average Bonchev–Trinajstić information content (AvgIpc) is 2.99. The van der Waals surface area contributed by atoms with E-state index in [-0.39, 0.29) is 17.9 Å². The van der Waals surface area contributed by atoms with Crippen LogP contribution in [0.2, 0.25) is 0 Å². The van der Waals surface area contributed by atoms with Gasteiger partial charge >= 0.3 is 12.1 Å². The van der Waals surface area contributed by atoms with Gasteiger partial charge in [-0.05, 0) is 47.1 Å². The number of nitrogens with one attached hydrogen (secondary N) is 2. The number of nitrogens with zero attached hydrogens (tertiary/aromatic N) is 3. The molecule has 1 aliphatic rings. The number of rotatable bonds is 15. The van der Waals surface area contributed by atoms with E-state index >= 15 is 0 Å². The van der Waals surface area contributed by atoms with Gasteiger partial charge in [-0.15, -0.1) is 0 Å². The van der Waals surface area contributed by atoms with Gasteiger partial charge in [-0.2, -0.15) is 0 Å². The zero-order valence-corrected chi connectivity index (χ0v) is 27.1. The van der Waals surface area contributed by atoms with Gasteiger partial charge in [-0.3, -0.25) is 4.90 Å². The predicted octanol–water partition coefficient (Wildman–Crippen LogP) is 7.79. The van der Waals surface area contributed by atoms with Gasteiger partial charge in [0.1, 0.15) is 5.82 Å². The second-order valence-electron chi connectivity index (χ2n) is 12.4. The molecule has 0 atom stereocenters. The van der Waals surface area contributed by atoms with Gasteiger partial charge in [-0.25, -0.2) is 14.0 Å². The third-order valence-corrected chi connectivity index (χ3v) is 8.33. The monoisotopic (exact) mass is 595 g/mol. The summed E-state index contributed by atoms with van der Waals surface area (Å²) in [6, 6.07) is 12.5. The Morgan fingerprint density at radius 2 is 1.47 bits per heavy atom. The summed E-state index contributed by atoms with van der Waals surface area (Å²) < 4.78 is 13.5. The first kappa shape index (κ1) is 34.4. The molecule has 0 aromatic heterocycles. The van der Waals surface area contributed by atoms with Crippen molar-refractivity contribution in [3.05, 3.63) is 65.0 Å². The minimum absolute atomic E-state index is 0.0540. The highest BCUT2D eigenvalue weighted by atomic mass is 19.1. The van der Waals surface area contributed by atoms with Gasteiger partial charge in [0.2, 0.25) is 0 Å². The minimum Gasteiger partial charge on any atom is -0.338 e. The van der Waals surface area contributed by atoms with Crippen LogP contribution in [0.25, 0.3) is 0 Å². The lowest BCUT2D eigenvalue weighted by Crippen LogP contribution is -2.52. The maximum Gasteiger partial charge on any atom is 0.321 e. The summed E-state index contributed by atoms with van der Waals surface area (Å²) in [7, 11) is 0. The van der Waals surface area contributed by atoms with Crippen molar-refractivity contribution in [3.8, 4) is 0 Å². The molecule has 0 spiro atoms. The molecule has 0 aliphatic carbocycles. The average molecular weight is 596 g/mol. The van der Waals surface area contributed by atoms with E-state index in [2.05, 4.69) is 68.4 Å². The third-order valence-electron chi connectivity index (χ3n) is 8.33. The standard InChI is InChI=1S/C35H54FN5O2/c1-6-7-8-9-10-11-19-37-34(42)41(26-29-15-17-30(36)18-16-29)25-22-39-20-23-40(24-21-39)35(43)38-33-31(27(2)3)13-12-14-32(33)28(4)5/h12-18,27-28H,6-11,19-26H2,1-5H3,(H,37,42)(H,38,43). The van der Waals surface area contributed by atoms with Crippen LogP contribution in [0.15, 0.2) is 42.5 Å². The summed E-state index contributed by atoms with van der Waals surface area (Å²) in [5.74, 6) is 0.344. The number of halogens is 1. The van der Waals surface area contributed by atoms with E-state index in [1.807, 2.05) is 9.80 Å².